The third-order valence-electron chi connectivity index (χ3n) is 16.4. The van der Waals surface area contributed by atoms with E-state index in [2.05, 4.69) is 343 Å². The molecule has 0 atom stereocenters. The summed E-state index contributed by atoms with van der Waals surface area (Å²) in [5, 5.41) is 6.43. The van der Waals surface area contributed by atoms with Crippen molar-refractivity contribution in [2.75, 3.05) is 9.80 Å². The lowest BCUT2D eigenvalue weighted by atomic mass is 10.0. The maximum absolute atomic E-state index is 3.51. The molecule has 3 aliphatic rings. The number of fused-ring (bicyclic) bond motifs is 14. The molecule has 18 rings (SSSR count). The Morgan fingerprint density at radius 1 is 0.318 bits per heavy atom. The van der Waals surface area contributed by atoms with Gasteiger partial charge in [-0.25, -0.2) is 0 Å². The van der Waals surface area contributed by atoms with E-state index in [1.807, 2.05) is 23.5 Å². The zero-order chi connectivity index (χ0) is 56.4. The number of hydrogen-bond donors (Lipinski definition) is 0. The Morgan fingerprint density at radius 2 is 0.741 bits per heavy atom. The molecule has 5 nitrogen and oxygen atoms in total. The van der Waals surface area contributed by atoms with Crippen LogP contribution in [0.1, 0.15) is 11.1 Å². The van der Waals surface area contributed by atoms with Gasteiger partial charge in [0.2, 0.25) is 0 Å². The van der Waals surface area contributed by atoms with E-state index in [1.54, 1.807) is 0 Å². The molecule has 12 aromatic carbocycles. The summed E-state index contributed by atoms with van der Waals surface area (Å²) in [6.07, 6.45) is 7.73. The summed E-state index contributed by atoms with van der Waals surface area (Å²) in [4.78, 5) is 9.83. The van der Waals surface area contributed by atoms with E-state index in [9.17, 15) is 0 Å². The van der Waals surface area contributed by atoms with Crippen LogP contribution in [-0.4, -0.2) is 13.7 Å². The highest BCUT2D eigenvalue weighted by Crippen LogP contribution is 2.53. The quantitative estimate of drug-likeness (QED) is 0.171. The summed E-state index contributed by atoms with van der Waals surface area (Å²) in [5.74, 6) is 0. The first kappa shape index (κ1) is 51.0. The largest absolute Gasteiger partial charge is 0.315 e. The average molecular weight is 1190 g/mol. The molecule has 0 spiro atoms. The van der Waals surface area contributed by atoms with Crippen LogP contribution in [0.25, 0.3) is 77.7 Å². The van der Waals surface area contributed by atoms with Crippen LogP contribution in [0, 0.1) is 0 Å². The summed E-state index contributed by atoms with van der Waals surface area (Å²) < 4.78 is 8.26. The molecule has 0 bridgehead atoms. The summed E-state index contributed by atoms with van der Waals surface area (Å²) in [5.41, 5.74) is 19.9. The van der Waals surface area contributed by atoms with Crippen molar-refractivity contribution in [3.63, 3.8) is 0 Å². The molecular formula is C77H52BrN5S2. The lowest BCUT2D eigenvalue weighted by Gasteiger charge is -2.32. The van der Waals surface area contributed by atoms with E-state index in [1.165, 1.54) is 125 Å². The van der Waals surface area contributed by atoms with E-state index in [-0.39, 0.29) is 0 Å². The van der Waals surface area contributed by atoms with Crippen LogP contribution in [0.3, 0.4) is 0 Å². The fourth-order valence-electron chi connectivity index (χ4n) is 12.7. The van der Waals surface area contributed by atoms with Gasteiger partial charge in [-0.05, 0) is 157 Å². The highest BCUT2D eigenvalue weighted by molar-refractivity contribution is 9.10. The first-order valence-electron chi connectivity index (χ1n) is 28.6. The topological polar surface area (TPSA) is 21.3 Å². The molecule has 5 heterocycles. The van der Waals surface area contributed by atoms with Crippen LogP contribution < -0.4 is 9.80 Å². The van der Waals surface area contributed by atoms with Crippen molar-refractivity contribution < 1.29 is 0 Å². The number of para-hydroxylation sites is 8. The first-order chi connectivity index (χ1) is 42.1. The van der Waals surface area contributed by atoms with Crippen molar-refractivity contribution in [1.29, 1.82) is 0 Å². The highest BCUT2D eigenvalue weighted by Gasteiger charge is 2.27. The van der Waals surface area contributed by atoms with Gasteiger partial charge >= 0.3 is 0 Å². The molecule has 0 saturated heterocycles. The number of aromatic nitrogens is 3. The predicted octanol–water partition coefficient (Wildman–Crippen LogP) is 22.4. The van der Waals surface area contributed by atoms with Gasteiger partial charge in [0, 0.05) is 85.6 Å². The predicted molar refractivity (Wildman–Crippen MR) is 363 cm³/mol. The fraction of sp³-hybridized carbons (Fsp3) is 0.0130. The second-order valence-corrected chi connectivity index (χ2v) is 24.4. The second-order valence-electron chi connectivity index (χ2n) is 21.3. The van der Waals surface area contributed by atoms with Crippen molar-refractivity contribution >= 4 is 134 Å². The minimum Gasteiger partial charge on any atom is -0.315 e. The Morgan fingerprint density at radius 3 is 1.27 bits per heavy atom. The average Bonchev–Trinajstić information content (AvgIpc) is 2.12. The molecule has 0 N–H and O–H groups in total. The lowest BCUT2D eigenvalue weighted by Crippen LogP contribution is -2.14. The van der Waals surface area contributed by atoms with Crippen molar-refractivity contribution in [2.24, 2.45) is 0 Å². The van der Waals surface area contributed by atoms with Crippen LogP contribution in [-0.2, 0) is 6.42 Å². The Balaban J connectivity index is 0.000000115. The van der Waals surface area contributed by atoms with Gasteiger partial charge in [0.25, 0.3) is 0 Å². The van der Waals surface area contributed by atoms with Gasteiger partial charge in [-0.15, -0.1) is 0 Å². The Labute approximate surface area is 510 Å². The smallest absolute Gasteiger partial charge is 0.0788 e. The molecule has 404 valence electrons. The zero-order valence-corrected chi connectivity index (χ0v) is 49.2. The Bertz CT molecular complexity index is 4970. The van der Waals surface area contributed by atoms with Gasteiger partial charge in [0.05, 0.1) is 50.3 Å². The molecule has 0 saturated carbocycles. The number of halogens is 1. The minimum absolute atomic E-state index is 1.02. The number of anilines is 6. The van der Waals surface area contributed by atoms with Crippen molar-refractivity contribution in [1.82, 2.24) is 13.7 Å². The Hall–Kier alpha value is -9.70. The molecule has 2 aliphatic heterocycles. The van der Waals surface area contributed by atoms with Crippen LogP contribution >= 0.6 is 39.5 Å². The number of hydrogen-bond acceptors (Lipinski definition) is 4. The molecule has 0 amide bonds. The van der Waals surface area contributed by atoms with Crippen molar-refractivity contribution in [3.05, 3.63) is 313 Å². The second kappa shape index (κ2) is 21.5. The number of benzene rings is 12. The molecular weight excluding hydrogens is 1140 g/mol. The third kappa shape index (κ3) is 8.87. The van der Waals surface area contributed by atoms with Crippen LogP contribution in [0.5, 0.6) is 0 Å². The molecule has 0 unspecified atom stereocenters. The number of allylic oxidation sites excluding steroid dienone is 1. The van der Waals surface area contributed by atoms with E-state index >= 15 is 0 Å². The lowest BCUT2D eigenvalue weighted by molar-refractivity contribution is 1.11. The number of rotatable bonds is 5. The standard InChI is InChI=1S/C38H25N3S.C21H15N.C18H12BrNS/c1-2-10-28(11-3-1)41-32-13-5-4-12-30(32)31-23-18-26-24-25-39(37(26)38(31)41)27-19-21-29(22-20-27)40-33-14-6-8-16-35(33)42-36-17-9-7-15-34(36)40;1-2-8-16(9-3-1)22-20-12-5-4-10-18(20)19-14-13-15-7-6-11-17(15)21(19)22;19-13-9-11-14(12-10-13)20-15-5-1-3-7-17(15)21-18-8-4-2-6-16(18)20/h1-25H;1-10,12-14H,11H2;1-12H. The Kier molecular flexibility index (Phi) is 12.9. The monoisotopic (exact) mass is 1190 g/mol. The molecule has 1 aliphatic carbocycles. The molecule has 0 radical (unpaired) electrons. The molecule has 3 aromatic heterocycles. The normalized spacial score (nSPS) is 12.8. The molecule has 8 heteroatoms. The summed E-state index contributed by atoms with van der Waals surface area (Å²) in [6, 6.07) is 102. The third-order valence-corrected chi connectivity index (χ3v) is 19.2. The SMILES string of the molecule is Brc1ccc(N2c3ccccc3Sc3ccccc32)cc1.C1=Cc2ccc3c4ccccc4n(-c4ccccc4)c3c2C1.c1ccc(-n2c3ccccc3c3ccc4ccn(-c5ccc(N6c7ccccc7Sc7ccccc76)cc5)c4c32)cc1. The fourth-order valence-corrected chi connectivity index (χ4v) is 15.1. The van der Waals surface area contributed by atoms with Crippen LogP contribution in [0.4, 0.5) is 34.1 Å². The van der Waals surface area contributed by atoms with Crippen molar-refractivity contribution in [3.8, 4) is 17.1 Å². The highest BCUT2D eigenvalue weighted by atomic mass is 79.9. The maximum atomic E-state index is 3.51. The first-order valence-corrected chi connectivity index (χ1v) is 31.1. The van der Waals surface area contributed by atoms with Gasteiger partial charge in [-0.2, -0.15) is 0 Å². The summed E-state index contributed by atoms with van der Waals surface area (Å²) >= 11 is 7.18. The van der Waals surface area contributed by atoms with Crippen LogP contribution in [0.15, 0.2) is 321 Å². The molecule has 0 fully saturated rings. The van der Waals surface area contributed by atoms with Crippen molar-refractivity contribution in [2.45, 2.75) is 26.0 Å². The van der Waals surface area contributed by atoms with E-state index < -0.39 is 0 Å². The van der Waals surface area contributed by atoms with Gasteiger partial charge in [-0.1, -0.05) is 197 Å². The zero-order valence-electron chi connectivity index (χ0n) is 46.0. The maximum Gasteiger partial charge on any atom is 0.0788 e. The van der Waals surface area contributed by atoms with E-state index in [4.69, 9.17) is 0 Å². The van der Waals surface area contributed by atoms with Gasteiger partial charge in [0.15, 0.2) is 0 Å². The van der Waals surface area contributed by atoms with Crippen LogP contribution in [0.2, 0.25) is 0 Å². The van der Waals surface area contributed by atoms with Gasteiger partial charge in [0.1, 0.15) is 0 Å². The van der Waals surface area contributed by atoms with Gasteiger partial charge in [-0.3, -0.25) is 0 Å². The summed E-state index contributed by atoms with van der Waals surface area (Å²) in [7, 11) is 0. The summed E-state index contributed by atoms with van der Waals surface area (Å²) in [6.45, 7) is 0. The van der Waals surface area contributed by atoms with Gasteiger partial charge < -0.3 is 23.5 Å². The minimum atomic E-state index is 1.02. The molecule has 85 heavy (non-hydrogen) atoms. The molecule has 15 aromatic rings. The van der Waals surface area contributed by atoms with E-state index in [0.29, 0.717) is 0 Å². The number of nitrogens with zero attached hydrogens (tertiary/aromatic N) is 5. The van der Waals surface area contributed by atoms with E-state index in [0.717, 1.165) is 22.3 Å².